The van der Waals surface area contributed by atoms with Crippen molar-refractivity contribution >= 4 is 23.4 Å². The Kier molecular flexibility index (Phi) is 5.31. The van der Waals surface area contributed by atoms with E-state index in [-0.39, 0.29) is 43.5 Å². The van der Waals surface area contributed by atoms with E-state index in [4.69, 9.17) is 0 Å². The van der Waals surface area contributed by atoms with Gasteiger partial charge in [0.25, 0.3) is 0 Å². The molecule has 22 heavy (non-hydrogen) atoms. The van der Waals surface area contributed by atoms with Crippen LogP contribution in [0.2, 0.25) is 0 Å². The van der Waals surface area contributed by atoms with Gasteiger partial charge >= 0.3 is 0 Å². The molecule has 1 atom stereocenters. The lowest BCUT2D eigenvalue weighted by atomic mass is 9.99. The predicted octanol–water partition coefficient (Wildman–Crippen LogP) is 2.68. The van der Waals surface area contributed by atoms with Gasteiger partial charge in [0.2, 0.25) is 17.7 Å². The van der Waals surface area contributed by atoms with E-state index in [0.717, 1.165) is 12.1 Å². The van der Waals surface area contributed by atoms with Gasteiger partial charge in [-0.05, 0) is 30.0 Å². The average Bonchev–Trinajstić information content (AvgIpc) is 2.84. The summed E-state index contributed by atoms with van der Waals surface area (Å²) in [4.78, 5) is 36.0. The number of nitrogens with one attached hydrogen (secondary N) is 1. The van der Waals surface area contributed by atoms with Crippen molar-refractivity contribution in [3.05, 3.63) is 29.8 Å². The molecule has 5 nitrogen and oxygen atoms in total. The zero-order chi connectivity index (χ0) is 16.1. The first-order chi connectivity index (χ1) is 10.5. The molecule has 1 fully saturated rings. The first-order valence-electron chi connectivity index (χ1n) is 7.74. The Morgan fingerprint density at radius 1 is 1.18 bits per heavy atom. The third kappa shape index (κ3) is 3.93. The summed E-state index contributed by atoms with van der Waals surface area (Å²) < 4.78 is 0. The largest absolute Gasteiger partial charge is 0.326 e. The molecule has 1 saturated heterocycles. The van der Waals surface area contributed by atoms with Crippen LogP contribution in [0.5, 0.6) is 0 Å². The Balaban J connectivity index is 1.84. The van der Waals surface area contributed by atoms with E-state index >= 15 is 0 Å². The lowest BCUT2D eigenvalue weighted by molar-refractivity contribution is -0.138. The lowest BCUT2D eigenvalue weighted by Crippen LogP contribution is -2.32. The quantitative estimate of drug-likeness (QED) is 0.822. The second kappa shape index (κ2) is 7.20. The van der Waals surface area contributed by atoms with E-state index in [9.17, 15) is 14.4 Å². The van der Waals surface area contributed by atoms with E-state index in [1.807, 2.05) is 24.3 Å². The molecule has 0 aromatic heterocycles. The van der Waals surface area contributed by atoms with Crippen LogP contribution in [0.15, 0.2) is 24.3 Å². The van der Waals surface area contributed by atoms with E-state index in [1.54, 1.807) is 0 Å². The van der Waals surface area contributed by atoms with Crippen LogP contribution in [-0.2, 0) is 14.4 Å². The van der Waals surface area contributed by atoms with Crippen molar-refractivity contribution in [2.45, 2.75) is 45.4 Å². The second-order valence-electron chi connectivity index (χ2n) is 5.67. The molecule has 1 aliphatic heterocycles. The summed E-state index contributed by atoms with van der Waals surface area (Å²) in [7, 11) is 0. The number of imide groups is 1. The van der Waals surface area contributed by atoms with Gasteiger partial charge in [-0.2, -0.15) is 0 Å². The second-order valence-corrected chi connectivity index (χ2v) is 5.67. The maximum Gasteiger partial charge on any atom is 0.229 e. The summed E-state index contributed by atoms with van der Waals surface area (Å²) in [6.07, 6.45) is 1.73. The number of nitrogens with zero attached hydrogens (tertiary/aromatic N) is 1. The van der Waals surface area contributed by atoms with Crippen molar-refractivity contribution in [1.29, 1.82) is 0 Å². The fourth-order valence-electron chi connectivity index (χ4n) is 2.44. The van der Waals surface area contributed by atoms with Crippen molar-refractivity contribution < 1.29 is 14.4 Å². The molecule has 2 rings (SSSR count). The van der Waals surface area contributed by atoms with Crippen LogP contribution in [0.4, 0.5) is 5.69 Å². The monoisotopic (exact) mass is 302 g/mol. The molecule has 1 aromatic carbocycles. The highest BCUT2D eigenvalue weighted by atomic mass is 16.2. The maximum absolute atomic E-state index is 11.9. The normalized spacial score (nSPS) is 16.0. The lowest BCUT2D eigenvalue weighted by Gasteiger charge is -2.14. The smallest absolute Gasteiger partial charge is 0.229 e. The van der Waals surface area contributed by atoms with Crippen LogP contribution < -0.4 is 5.32 Å². The van der Waals surface area contributed by atoms with Gasteiger partial charge in [0.05, 0.1) is 0 Å². The fourth-order valence-corrected chi connectivity index (χ4v) is 2.44. The zero-order valence-corrected chi connectivity index (χ0v) is 13.1. The number of carbonyl (C=O) groups excluding carboxylic acids is 3. The number of amides is 3. The molecule has 1 heterocycles. The molecular formula is C17H22N2O3. The van der Waals surface area contributed by atoms with E-state index in [2.05, 4.69) is 19.2 Å². The topological polar surface area (TPSA) is 66.5 Å². The Morgan fingerprint density at radius 3 is 2.32 bits per heavy atom. The fraction of sp³-hybridized carbons (Fsp3) is 0.471. The van der Waals surface area contributed by atoms with Crippen molar-refractivity contribution in [3.63, 3.8) is 0 Å². The minimum atomic E-state index is -0.191. The molecule has 0 radical (unpaired) electrons. The van der Waals surface area contributed by atoms with Gasteiger partial charge in [0, 0.05) is 31.5 Å². The summed E-state index contributed by atoms with van der Waals surface area (Å²) in [5, 5.41) is 2.79. The summed E-state index contributed by atoms with van der Waals surface area (Å²) in [6.45, 7) is 4.47. The Hall–Kier alpha value is -2.17. The molecule has 0 aliphatic carbocycles. The Bertz CT molecular complexity index is 550. The maximum atomic E-state index is 11.9. The molecule has 1 aromatic rings. The minimum Gasteiger partial charge on any atom is -0.326 e. The van der Waals surface area contributed by atoms with Crippen LogP contribution in [0.1, 0.15) is 51.0 Å². The number of benzene rings is 1. The van der Waals surface area contributed by atoms with Crippen molar-refractivity contribution in [1.82, 2.24) is 4.90 Å². The zero-order valence-electron chi connectivity index (χ0n) is 13.1. The molecule has 118 valence electrons. The van der Waals surface area contributed by atoms with Crippen LogP contribution in [0, 0.1) is 0 Å². The molecule has 0 spiro atoms. The summed E-state index contributed by atoms with van der Waals surface area (Å²) in [6, 6.07) is 7.78. The molecule has 0 saturated carbocycles. The highest BCUT2D eigenvalue weighted by Gasteiger charge is 2.28. The molecule has 0 bridgehead atoms. The first-order valence-corrected chi connectivity index (χ1v) is 7.74. The van der Waals surface area contributed by atoms with Gasteiger partial charge in [-0.25, -0.2) is 0 Å². The van der Waals surface area contributed by atoms with Gasteiger partial charge in [0.1, 0.15) is 0 Å². The van der Waals surface area contributed by atoms with E-state index < -0.39 is 0 Å². The van der Waals surface area contributed by atoms with Crippen LogP contribution in [0.3, 0.4) is 0 Å². The summed E-state index contributed by atoms with van der Waals surface area (Å²) >= 11 is 0. The SMILES string of the molecule is CCC(C)c1ccc(NC(=O)CCN2C(=O)CCC2=O)cc1. The molecule has 1 unspecified atom stereocenters. The van der Waals surface area contributed by atoms with Crippen LogP contribution in [0.25, 0.3) is 0 Å². The number of likely N-dealkylation sites (tertiary alicyclic amines) is 1. The third-order valence-corrected chi connectivity index (χ3v) is 4.09. The van der Waals surface area contributed by atoms with Crippen molar-refractivity contribution in [2.75, 3.05) is 11.9 Å². The Labute approximate surface area is 130 Å². The van der Waals surface area contributed by atoms with Crippen LogP contribution in [-0.4, -0.2) is 29.2 Å². The standard InChI is InChI=1S/C17H22N2O3/c1-3-12(2)13-4-6-14(7-5-13)18-15(20)10-11-19-16(21)8-9-17(19)22/h4-7,12H,3,8-11H2,1-2H3,(H,18,20). The highest BCUT2D eigenvalue weighted by molar-refractivity contribution is 6.02. The average molecular weight is 302 g/mol. The van der Waals surface area contributed by atoms with E-state index in [0.29, 0.717) is 5.92 Å². The van der Waals surface area contributed by atoms with Gasteiger partial charge in [-0.15, -0.1) is 0 Å². The number of rotatable bonds is 6. The predicted molar refractivity (Wildman–Crippen MR) is 84.3 cm³/mol. The van der Waals surface area contributed by atoms with Gasteiger partial charge < -0.3 is 5.32 Å². The van der Waals surface area contributed by atoms with Gasteiger partial charge in [-0.3, -0.25) is 19.3 Å². The van der Waals surface area contributed by atoms with Gasteiger partial charge in [0.15, 0.2) is 0 Å². The Morgan fingerprint density at radius 2 is 1.77 bits per heavy atom. The number of hydrogen-bond donors (Lipinski definition) is 1. The van der Waals surface area contributed by atoms with Crippen molar-refractivity contribution in [2.24, 2.45) is 0 Å². The molecule has 3 amide bonds. The third-order valence-electron chi connectivity index (χ3n) is 4.09. The first kappa shape index (κ1) is 16.2. The summed E-state index contributed by atoms with van der Waals surface area (Å²) in [5.74, 6) is -0.0628. The number of hydrogen-bond acceptors (Lipinski definition) is 3. The van der Waals surface area contributed by atoms with Crippen molar-refractivity contribution in [3.8, 4) is 0 Å². The van der Waals surface area contributed by atoms with E-state index in [1.165, 1.54) is 10.5 Å². The highest BCUT2D eigenvalue weighted by Crippen LogP contribution is 2.20. The number of anilines is 1. The summed E-state index contributed by atoms with van der Waals surface area (Å²) in [5.41, 5.74) is 1.98. The number of carbonyl (C=O) groups is 3. The molecule has 1 aliphatic rings. The van der Waals surface area contributed by atoms with Gasteiger partial charge in [-0.1, -0.05) is 26.0 Å². The molecular weight excluding hydrogens is 280 g/mol. The molecule has 5 heteroatoms. The molecule has 1 N–H and O–H groups in total. The van der Waals surface area contributed by atoms with Crippen LogP contribution >= 0.6 is 0 Å². The minimum absolute atomic E-state index is 0.130.